The molecule has 0 bridgehead atoms. The molecule has 1 aromatic carbocycles. The summed E-state index contributed by atoms with van der Waals surface area (Å²) in [5.41, 5.74) is 7.93. The van der Waals surface area contributed by atoms with Crippen LogP contribution in [0.3, 0.4) is 0 Å². The summed E-state index contributed by atoms with van der Waals surface area (Å²) in [6, 6.07) is 7.44. The number of amides is 1. The first-order chi connectivity index (χ1) is 11.1. The minimum Gasteiger partial charge on any atom is -0.368 e. The lowest BCUT2D eigenvalue weighted by Gasteiger charge is -2.19. The van der Waals surface area contributed by atoms with Gasteiger partial charge in [-0.1, -0.05) is 44.7 Å². The second-order valence-electron chi connectivity index (χ2n) is 5.11. The Morgan fingerprint density at radius 3 is 2.52 bits per heavy atom. The van der Waals surface area contributed by atoms with Crippen molar-refractivity contribution in [1.29, 1.82) is 0 Å². The highest BCUT2D eigenvalue weighted by Gasteiger charge is 2.24. The van der Waals surface area contributed by atoms with Crippen LogP contribution in [-0.4, -0.2) is 26.4 Å². The zero-order chi connectivity index (χ0) is 16.8. The highest BCUT2D eigenvalue weighted by Crippen LogP contribution is 2.26. The van der Waals surface area contributed by atoms with Gasteiger partial charge in [0.05, 0.1) is 0 Å². The van der Waals surface area contributed by atoms with Crippen molar-refractivity contribution in [3.63, 3.8) is 0 Å². The van der Waals surface area contributed by atoms with Gasteiger partial charge in [0.2, 0.25) is 11.9 Å². The summed E-state index contributed by atoms with van der Waals surface area (Å²) in [7, 11) is 0. The monoisotopic (exact) mass is 333 g/mol. The number of rotatable bonds is 7. The number of aromatic nitrogens is 3. The van der Waals surface area contributed by atoms with E-state index in [0.29, 0.717) is 11.6 Å². The number of nitrogens with one attached hydrogen (secondary N) is 1. The van der Waals surface area contributed by atoms with Crippen molar-refractivity contribution in [2.45, 2.75) is 44.8 Å². The van der Waals surface area contributed by atoms with Crippen LogP contribution in [0.25, 0.3) is 0 Å². The van der Waals surface area contributed by atoms with E-state index in [1.165, 1.54) is 17.3 Å². The molecule has 1 atom stereocenters. The van der Waals surface area contributed by atoms with E-state index in [1.807, 2.05) is 38.1 Å². The van der Waals surface area contributed by atoms with E-state index in [2.05, 4.69) is 22.4 Å². The molecule has 0 saturated heterocycles. The number of nitrogens with two attached hydrogens (primary N) is 1. The van der Waals surface area contributed by atoms with Crippen LogP contribution in [0.15, 0.2) is 29.4 Å². The highest BCUT2D eigenvalue weighted by atomic mass is 32.2. The topological polar surface area (TPSA) is 85.8 Å². The second kappa shape index (κ2) is 8.01. The molecule has 0 radical (unpaired) electrons. The number of aryl methyl sites for hydroxylation is 1. The average Bonchev–Trinajstić information content (AvgIpc) is 2.91. The molecular formula is C16H23N5OS. The molecule has 1 aromatic heterocycles. The number of nitrogens with zero attached hydrogens (tertiary/aromatic N) is 3. The fourth-order valence-electron chi connectivity index (χ4n) is 2.34. The second-order valence-corrected chi connectivity index (χ2v) is 6.34. The molecule has 0 aliphatic rings. The average molecular weight is 333 g/mol. The molecule has 1 heterocycles. The summed E-state index contributed by atoms with van der Waals surface area (Å²) in [6.45, 7) is 6.07. The fourth-order valence-corrected chi connectivity index (χ4v) is 3.06. The van der Waals surface area contributed by atoms with Gasteiger partial charge in [0.15, 0.2) is 5.16 Å². The van der Waals surface area contributed by atoms with E-state index < -0.39 is 6.04 Å². The maximum Gasteiger partial charge on any atom is 0.247 e. The van der Waals surface area contributed by atoms with E-state index in [4.69, 9.17) is 5.73 Å². The predicted molar refractivity (Wildman–Crippen MR) is 94.6 cm³/mol. The van der Waals surface area contributed by atoms with Crippen molar-refractivity contribution in [3.05, 3.63) is 29.8 Å². The number of carbonyl (C=O) groups is 1. The van der Waals surface area contributed by atoms with Gasteiger partial charge in [-0.05, 0) is 36.3 Å². The van der Waals surface area contributed by atoms with E-state index in [-0.39, 0.29) is 11.9 Å². The normalized spacial score (nSPS) is 12.1. The van der Waals surface area contributed by atoms with Gasteiger partial charge in [-0.25, -0.2) is 0 Å². The largest absolute Gasteiger partial charge is 0.368 e. The van der Waals surface area contributed by atoms with E-state index in [1.54, 1.807) is 4.57 Å². The molecule has 7 heteroatoms. The number of carbonyl (C=O) groups excluding carboxylic acids is 1. The fraction of sp³-hybridized carbons (Fsp3) is 0.438. The standard InChI is InChI=1S/C16H23N5OS/c1-4-11-7-9-12(10-8-11)18-14(22)13(5-2)21-15(17)19-20-16(21)23-6-3/h7-10,13H,4-6H2,1-3H3,(H2,17,19)(H,18,22). The lowest BCUT2D eigenvalue weighted by atomic mass is 10.1. The minimum atomic E-state index is -0.426. The zero-order valence-electron chi connectivity index (χ0n) is 13.7. The molecule has 1 amide bonds. The first kappa shape index (κ1) is 17.3. The van der Waals surface area contributed by atoms with E-state index in [9.17, 15) is 4.79 Å². The van der Waals surface area contributed by atoms with Crippen molar-refractivity contribution in [3.8, 4) is 0 Å². The Morgan fingerprint density at radius 2 is 1.96 bits per heavy atom. The first-order valence-electron chi connectivity index (χ1n) is 7.83. The van der Waals surface area contributed by atoms with Crippen molar-refractivity contribution >= 4 is 29.3 Å². The van der Waals surface area contributed by atoms with Crippen molar-refractivity contribution < 1.29 is 4.79 Å². The Morgan fingerprint density at radius 1 is 1.26 bits per heavy atom. The van der Waals surface area contributed by atoms with Crippen LogP contribution in [0.2, 0.25) is 0 Å². The summed E-state index contributed by atoms with van der Waals surface area (Å²) in [5.74, 6) is 1.000. The third-order valence-corrected chi connectivity index (χ3v) is 4.42. The van der Waals surface area contributed by atoms with Gasteiger partial charge in [-0.2, -0.15) is 0 Å². The van der Waals surface area contributed by atoms with Crippen LogP contribution in [0.5, 0.6) is 0 Å². The Kier molecular flexibility index (Phi) is 6.04. The molecule has 124 valence electrons. The summed E-state index contributed by atoms with van der Waals surface area (Å²) in [6.07, 6.45) is 1.58. The summed E-state index contributed by atoms with van der Waals surface area (Å²) in [5, 5.41) is 11.6. The summed E-state index contributed by atoms with van der Waals surface area (Å²) < 4.78 is 1.71. The highest BCUT2D eigenvalue weighted by molar-refractivity contribution is 7.99. The number of nitrogen functional groups attached to an aromatic ring is 1. The number of benzene rings is 1. The van der Waals surface area contributed by atoms with Gasteiger partial charge < -0.3 is 11.1 Å². The molecule has 0 fully saturated rings. The van der Waals surface area contributed by atoms with Gasteiger partial charge in [0, 0.05) is 5.69 Å². The quantitative estimate of drug-likeness (QED) is 0.760. The Bertz CT molecular complexity index is 653. The third kappa shape index (κ3) is 4.04. The van der Waals surface area contributed by atoms with Crippen LogP contribution < -0.4 is 11.1 Å². The number of anilines is 2. The van der Waals surface area contributed by atoms with Gasteiger partial charge in [0.25, 0.3) is 0 Å². The number of thioether (sulfide) groups is 1. The molecule has 6 nitrogen and oxygen atoms in total. The molecule has 0 spiro atoms. The maximum absolute atomic E-state index is 12.7. The van der Waals surface area contributed by atoms with Gasteiger partial charge in [-0.3, -0.25) is 9.36 Å². The molecule has 3 N–H and O–H groups in total. The third-order valence-electron chi connectivity index (χ3n) is 3.60. The molecule has 1 unspecified atom stereocenters. The summed E-state index contributed by atoms with van der Waals surface area (Å²) >= 11 is 1.52. The lowest BCUT2D eigenvalue weighted by molar-refractivity contribution is -0.119. The van der Waals surface area contributed by atoms with Gasteiger partial charge in [0.1, 0.15) is 6.04 Å². The van der Waals surface area contributed by atoms with Crippen molar-refractivity contribution in [1.82, 2.24) is 14.8 Å². The van der Waals surface area contributed by atoms with Gasteiger partial charge in [-0.15, -0.1) is 10.2 Å². The number of hydrogen-bond donors (Lipinski definition) is 2. The van der Waals surface area contributed by atoms with Crippen LogP contribution in [0, 0.1) is 0 Å². The molecular weight excluding hydrogens is 310 g/mol. The SMILES string of the molecule is CCSc1nnc(N)n1C(CC)C(=O)Nc1ccc(CC)cc1. The van der Waals surface area contributed by atoms with Crippen molar-refractivity contribution in [2.24, 2.45) is 0 Å². The Labute approximate surface area is 140 Å². The predicted octanol–water partition coefficient (Wildman–Crippen LogP) is 3.12. The molecule has 0 aliphatic heterocycles. The van der Waals surface area contributed by atoms with E-state index >= 15 is 0 Å². The molecule has 2 rings (SSSR count). The van der Waals surface area contributed by atoms with E-state index in [0.717, 1.165) is 17.9 Å². The summed E-state index contributed by atoms with van der Waals surface area (Å²) in [4.78, 5) is 12.7. The lowest BCUT2D eigenvalue weighted by Crippen LogP contribution is -2.27. The minimum absolute atomic E-state index is 0.110. The smallest absolute Gasteiger partial charge is 0.247 e. The Balaban J connectivity index is 2.19. The zero-order valence-corrected chi connectivity index (χ0v) is 14.6. The van der Waals surface area contributed by atoms with Crippen LogP contribution in [0.4, 0.5) is 11.6 Å². The van der Waals surface area contributed by atoms with Gasteiger partial charge >= 0.3 is 0 Å². The molecule has 0 aliphatic carbocycles. The first-order valence-corrected chi connectivity index (χ1v) is 8.82. The Hall–Kier alpha value is -2.02. The molecule has 0 saturated carbocycles. The molecule has 23 heavy (non-hydrogen) atoms. The van der Waals surface area contributed by atoms with Crippen LogP contribution in [-0.2, 0) is 11.2 Å². The van der Waals surface area contributed by atoms with Crippen LogP contribution in [0.1, 0.15) is 38.8 Å². The maximum atomic E-state index is 12.7. The number of hydrogen-bond acceptors (Lipinski definition) is 5. The van der Waals surface area contributed by atoms with Crippen LogP contribution >= 0.6 is 11.8 Å². The van der Waals surface area contributed by atoms with Crippen molar-refractivity contribution in [2.75, 3.05) is 16.8 Å². The molecule has 2 aromatic rings.